The maximum atomic E-state index is 12.9. The first-order valence-electron chi connectivity index (χ1n) is 12.0. The standard InChI is InChI=1S/C27H22N10O3/c1-15-10-22(35-27-36-24(11-28)40-37-27)34-25(32-15)19-5-8-21(30-14-19)26(38)33-16(2)17-4-7-20(29-12-17)18-6-9-23(39-3)31-13-18/h4-10,12-14,16H,1-3H3,(H,33,38)(H,32,34,35,37). The van der Waals surface area contributed by atoms with Crippen molar-refractivity contribution in [1.82, 2.24) is 40.4 Å². The number of hydrogen-bond donors (Lipinski definition) is 2. The number of aryl methyl sites for hydroxylation is 1. The van der Waals surface area contributed by atoms with Crippen molar-refractivity contribution in [2.24, 2.45) is 0 Å². The monoisotopic (exact) mass is 534 g/mol. The van der Waals surface area contributed by atoms with E-state index in [2.05, 4.69) is 45.7 Å². The molecule has 0 saturated heterocycles. The third kappa shape index (κ3) is 5.86. The Balaban J connectivity index is 1.24. The first kappa shape index (κ1) is 25.9. The molecule has 5 rings (SSSR count). The number of carbonyl (C=O) groups excluding carboxylic acids is 1. The molecule has 0 aliphatic heterocycles. The van der Waals surface area contributed by atoms with Crippen LogP contribution in [0.2, 0.25) is 0 Å². The number of ether oxygens (including phenoxy) is 1. The van der Waals surface area contributed by atoms with Gasteiger partial charge in [-0.3, -0.25) is 14.8 Å². The summed E-state index contributed by atoms with van der Waals surface area (Å²) in [6.07, 6.45) is 4.94. The van der Waals surface area contributed by atoms with E-state index in [-0.39, 0.29) is 29.5 Å². The van der Waals surface area contributed by atoms with Crippen molar-refractivity contribution in [2.75, 3.05) is 12.4 Å². The van der Waals surface area contributed by atoms with E-state index in [1.54, 1.807) is 56.8 Å². The van der Waals surface area contributed by atoms with Crippen LogP contribution in [-0.2, 0) is 0 Å². The number of nitrogens with zero attached hydrogens (tertiary/aromatic N) is 8. The maximum Gasteiger partial charge on any atom is 0.330 e. The van der Waals surface area contributed by atoms with Gasteiger partial charge in [-0.25, -0.2) is 15.0 Å². The Morgan fingerprint density at radius 1 is 1.00 bits per heavy atom. The second-order valence-electron chi connectivity index (χ2n) is 8.57. The number of rotatable bonds is 8. The van der Waals surface area contributed by atoms with Gasteiger partial charge < -0.3 is 19.9 Å². The van der Waals surface area contributed by atoms with Crippen LogP contribution in [0.5, 0.6) is 5.88 Å². The Morgan fingerprint density at radius 2 is 1.82 bits per heavy atom. The number of nitriles is 1. The zero-order valence-electron chi connectivity index (χ0n) is 21.7. The van der Waals surface area contributed by atoms with Crippen LogP contribution >= 0.6 is 0 Å². The van der Waals surface area contributed by atoms with E-state index in [4.69, 9.17) is 14.5 Å². The van der Waals surface area contributed by atoms with Crippen LogP contribution in [0.15, 0.2) is 65.6 Å². The maximum absolute atomic E-state index is 12.9. The molecule has 0 bridgehead atoms. The number of methoxy groups -OCH3 is 1. The lowest BCUT2D eigenvalue weighted by Gasteiger charge is -2.14. The summed E-state index contributed by atoms with van der Waals surface area (Å²) in [6.45, 7) is 3.68. The molecule has 0 spiro atoms. The van der Waals surface area contributed by atoms with E-state index in [0.717, 1.165) is 16.8 Å². The lowest BCUT2D eigenvalue weighted by atomic mass is 10.1. The molecule has 1 atom stereocenters. The minimum absolute atomic E-state index is 0.0995. The molecule has 5 heterocycles. The number of pyridine rings is 3. The van der Waals surface area contributed by atoms with Gasteiger partial charge in [-0.05, 0) is 48.8 Å². The second kappa shape index (κ2) is 11.3. The quantitative estimate of drug-likeness (QED) is 0.295. The van der Waals surface area contributed by atoms with E-state index in [9.17, 15) is 4.79 Å². The van der Waals surface area contributed by atoms with Crippen LogP contribution in [0, 0.1) is 18.3 Å². The van der Waals surface area contributed by atoms with Gasteiger partial charge in [-0.2, -0.15) is 10.2 Å². The Hall–Kier alpha value is -5.77. The number of amides is 1. The molecule has 40 heavy (non-hydrogen) atoms. The largest absolute Gasteiger partial charge is 0.481 e. The summed E-state index contributed by atoms with van der Waals surface area (Å²) in [5.41, 5.74) is 3.98. The summed E-state index contributed by atoms with van der Waals surface area (Å²) >= 11 is 0. The minimum atomic E-state index is -0.333. The smallest absolute Gasteiger partial charge is 0.330 e. The van der Waals surface area contributed by atoms with Gasteiger partial charge in [0.15, 0.2) is 11.9 Å². The van der Waals surface area contributed by atoms with Crippen LogP contribution in [0.1, 0.15) is 40.6 Å². The van der Waals surface area contributed by atoms with Gasteiger partial charge in [0.2, 0.25) is 5.88 Å². The van der Waals surface area contributed by atoms with Gasteiger partial charge in [0.25, 0.3) is 11.9 Å². The van der Waals surface area contributed by atoms with Crippen molar-refractivity contribution in [3.63, 3.8) is 0 Å². The molecule has 0 radical (unpaired) electrons. The molecule has 0 fully saturated rings. The molecule has 0 aromatic carbocycles. The zero-order chi connectivity index (χ0) is 28.1. The highest BCUT2D eigenvalue weighted by molar-refractivity contribution is 5.92. The molecular weight excluding hydrogens is 512 g/mol. The Labute approximate surface area is 228 Å². The number of carbonyl (C=O) groups is 1. The van der Waals surface area contributed by atoms with Crippen molar-refractivity contribution in [1.29, 1.82) is 5.26 Å². The van der Waals surface area contributed by atoms with Crippen molar-refractivity contribution < 1.29 is 14.1 Å². The summed E-state index contributed by atoms with van der Waals surface area (Å²) in [4.78, 5) is 38.6. The first-order valence-corrected chi connectivity index (χ1v) is 12.0. The third-order valence-corrected chi connectivity index (χ3v) is 5.75. The topological polar surface area (TPSA) is 178 Å². The van der Waals surface area contributed by atoms with E-state index in [0.29, 0.717) is 28.8 Å². The number of aromatic nitrogens is 7. The van der Waals surface area contributed by atoms with Gasteiger partial charge in [-0.1, -0.05) is 6.07 Å². The van der Waals surface area contributed by atoms with Gasteiger partial charge >= 0.3 is 5.89 Å². The number of hydrogen-bond acceptors (Lipinski definition) is 12. The number of anilines is 2. The molecule has 1 amide bonds. The van der Waals surface area contributed by atoms with Gasteiger partial charge in [0.1, 0.15) is 11.5 Å². The van der Waals surface area contributed by atoms with Gasteiger partial charge in [0.05, 0.1) is 18.8 Å². The van der Waals surface area contributed by atoms with Crippen molar-refractivity contribution in [2.45, 2.75) is 19.9 Å². The van der Waals surface area contributed by atoms with E-state index in [1.165, 1.54) is 6.20 Å². The number of nitrogens with one attached hydrogen (secondary N) is 2. The predicted octanol–water partition coefficient (Wildman–Crippen LogP) is 3.80. The average molecular weight is 535 g/mol. The fraction of sp³-hybridized carbons (Fsp3) is 0.148. The van der Waals surface area contributed by atoms with Crippen LogP contribution in [0.4, 0.5) is 11.8 Å². The highest BCUT2D eigenvalue weighted by Gasteiger charge is 2.15. The Kier molecular flexibility index (Phi) is 7.32. The van der Waals surface area contributed by atoms with Crippen LogP contribution in [-0.4, -0.2) is 48.1 Å². The highest BCUT2D eigenvalue weighted by Crippen LogP contribution is 2.22. The zero-order valence-corrected chi connectivity index (χ0v) is 21.7. The molecule has 0 saturated carbocycles. The fourth-order valence-corrected chi connectivity index (χ4v) is 3.70. The van der Waals surface area contributed by atoms with Gasteiger partial charge in [0, 0.05) is 47.5 Å². The predicted molar refractivity (Wildman–Crippen MR) is 142 cm³/mol. The molecule has 13 heteroatoms. The first-order chi connectivity index (χ1) is 19.4. The Bertz CT molecular complexity index is 1680. The summed E-state index contributed by atoms with van der Waals surface area (Å²) in [5, 5.41) is 18.3. The van der Waals surface area contributed by atoms with E-state index >= 15 is 0 Å². The minimum Gasteiger partial charge on any atom is -0.481 e. The molecule has 198 valence electrons. The van der Waals surface area contributed by atoms with Crippen LogP contribution in [0.25, 0.3) is 22.6 Å². The molecule has 2 N–H and O–H groups in total. The summed E-state index contributed by atoms with van der Waals surface area (Å²) < 4.78 is 9.86. The third-order valence-electron chi connectivity index (χ3n) is 5.75. The van der Waals surface area contributed by atoms with Crippen molar-refractivity contribution in [3.05, 3.63) is 83.9 Å². The SMILES string of the molecule is COc1ccc(-c2ccc(C(C)NC(=O)c3ccc(-c4nc(C)cc(Nc5noc(C#N)n5)n4)cn3)cn2)cn1. The van der Waals surface area contributed by atoms with Crippen molar-refractivity contribution >= 4 is 17.7 Å². The van der Waals surface area contributed by atoms with Crippen molar-refractivity contribution in [3.8, 4) is 34.6 Å². The van der Waals surface area contributed by atoms with E-state index in [1.807, 2.05) is 25.1 Å². The summed E-state index contributed by atoms with van der Waals surface area (Å²) in [5.74, 6) is 0.926. The van der Waals surface area contributed by atoms with E-state index < -0.39 is 0 Å². The lowest BCUT2D eigenvalue weighted by Crippen LogP contribution is -2.27. The fourth-order valence-electron chi connectivity index (χ4n) is 3.70. The molecule has 0 aliphatic rings. The summed E-state index contributed by atoms with van der Waals surface area (Å²) in [6, 6.07) is 13.9. The average Bonchev–Trinajstić information content (AvgIpc) is 3.44. The second-order valence-corrected chi connectivity index (χ2v) is 8.57. The highest BCUT2D eigenvalue weighted by atomic mass is 16.5. The van der Waals surface area contributed by atoms with Crippen LogP contribution in [0.3, 0.4) is 0 Å². The molecule has 13 nitrogen and oxygen atoms in total. The summed E-state index contributed by atoms with van der Waals surface area (Å²) in [7, 11) is 1.56. The normalized spacial score (nSPS) is 11.3. The molecule has 1 unspecified atom stereocenters. The molecule has 0 aliphatic carbocycles. The molecule has 5 aromatic heterocycles. The lowest BCUT2D eigenvalue weighted by molar-refractivity contribution is 0.0935. The Morgan fingerprint density at radius 3 is 2.48 bits per heavy atom. The van der Waals surface area contributed by atoms with Crippen LogP contribution < -0.4 is 15.4 Å². The van der Waals surface area contributed by atoms with Gasteiger partial charge in [-0.15, -0.1) is 0 Å². The molecule has 5 aromatic rings. The molecular formula is C27H22N10O3.